The summed E-state index contributed by atoms with van der Waals surface area (Å²) in [4.78, 5) is 32.3. The molecule has 2 saturated heterocycles. The van der Waals surface area contributed by atoms with Crippen molar-refractivity contribution >= 4 is 11.9 Å². The van der Waals surface area contributed by atoms with Crippen molar-refractivity contribution in [1.82, 2.24) is 14.7 Å². The van der Waals surface area contributed by atoms with Gasteiger partial charge in [0.1, 0.15) is 0 Å². The molecule has 40 heavy (non-hydrogen) atoms. The van der Waals surface area contributed by atoms with Gasteiger partial charge in [0.25, 0.3) is 0 Å². The summed E-state index contributed by atoms with van der Waals surface area (Å²) in [6.45, 7) is 13.4. The molecule has 6 aliphatic rings. The fraction of sp³-hybridized carbons (Fsp3) is 0.882. The minimum Gasteiger partial charge on any atom is -0.393 e. The van der Waals surface area contributed by atoms with Crippen molar-refractivity contribution in [3.05, 3.63) is 11.6 Å². The van der Waals surface area contributed by atoms with Gasteiger partial charge in [-0.05, 0) is 118 Å². The Balaban J connectivity index is 1.03. The minimum atomic E-state index is -0.131. The highest BCUT2D eigenvalue weighted by Gasteiger charge is 2.59. The van der Waals surface area contributed by atoms with Gasteiger partial charge in [-0.15, -0.1) is 0 Å². The zero-order valence-electron chi connectivity index (χ0n) is 25.7. The number of carbonyl (C=O) groups is 2. The highest BCUT2D eigenvalue weighted by Crippen LogP contribution is 2.67. The fourth-order valence-corrected chi connectivity index (χ4v) is 10.9. The third kappa shape index (κ3) is 4.82. The van der Waals surface area contributed by atoms with Crippen molar-refractivity contribution in [1.29, 1.82) is 0 Å². The van der Waals surface area contributed by atoms with Gasteiger partial charge < -0.3 is 19.8 Å². The molecule has 6 heteroatoms. The van der Waals surface area contributed by atoms with E-state index in [4.69, 9.17) is 0 Å². The van der Waals surface area contributed by atoms with E-state index in [1.54, 1.807) is 5.57 Å². The smallest absolute Gasteiger partial charge is 0.320 e. The first-order valence-corrected chi connectivity index (χ1v) is 16.8. The number of piperazine rings is 1. The van der Waals surface area contributed by atoms with Crippen molar-refractivity contribution in [3.8, 4) is 0 Å². The van der Waals surface area contributed by atoms with Crippen LogP contribution in [0.2, 0.25) is 0 Å². The normalized spacial score (nSPS) is 42.1. The van der Waals surface area contributed by atoms with Crippen molar-refractivity contribution < 1.29 is 14.7 Å². The van der Waals surface area contributed by atoms with Crippen LogP contribution in [-0.4, -0.2) is 76.6 Å². The molecule has 2 aliphatic heterocycles. The van der Waals surface area contributed by atoms with E-state index in [0.717, 1.165) is 69.4 Å². The summed E-state index contributed by atoms with van der Waals surface area (Å²) >= 11 is 0. The zero-order chi connectivity index (χ0) is 28.2. The summed E-state index contributed by atoms with van der Waals surface area (Å²) in [6.07, 6.45) is 15.9. The van der Waals surface area contributed by atoms with Gasteiger partial charge in [0.15, 0.2) is 0 Å². The Bertz CT molecular complexity index is 1010. The number of hydrogen-bond acceptors (Lipinski definition) is 3. The third-order valence-corrected chi connectivity index (χ3v) is 13.3. The first-order valence-electron chi connectivity index (χ1n) is 16.8. The van der Waals surface area contributed by atoms with Crippen LogP contribution in [-0.2, 0) is 4.79 Å². The SMILES string of the molecule is C[C@H](CCC(=O)N1CCN(C(=O)N2CCCC2)[C@@H](C)C1)[C@H]1CC[C@H]2[C@@H]3CC=C4C[C@@H](O)CC[C@]4(C)[C@H]3CC[C@]12C. The Morgan fingerprint density at radius 3 is 2.52 bits per heavy atom. The van der Waals surface area contributed by atoms with Gasteiger partial charge in [0.05, 0.1) is 6.10 Å². The van der Waals surface area contributed by atoms with Gasteiger partial charge in [0, 0.05) is 45.2 Å². The summed E-state index contributed by atoms with van der Waals surface area (Å²) < 4.78 is 0. The van der Waals surface area contributed by atoms with Crippen molar-refractivity contribution in [2.45, 2.75) is 117 Å². The maximum absolute atomic E-state index is 13.3. The summed E-state index contributed by atoms with van der Waals surface area (Å²) in [5.41, 5.74) is 2.27. The molecular formula is C34H55N3O3. The first kappa shape index (κ1) is 28.6. The van der Waals surface area contributed by atoms with Crippen molar-refractivity contribution in [3.63, 3.8) is 0 Å². The lowest BCUT2D eigenvalue weighted by Crippen LogP contribution is -2.58. The van der Waals surface area contributed by atoms with E-state index in [-0.39, 0.29) is 24.1 Å². The maximum Gasteiger partial charge on any atom is 0.320 e. The number of fused-ring (bicyclic) bond motifs is 5. The van der Waals surface area contributed by atoms with Gasteiger partial charge >= 0.3 is 6.03 Å². The van der Waals surface area contributed by atoms with Crippen LogP contribution < -0.4 is 0 Å². The second-order valence-corrected chi connectivity index (χ2v) is 15.3. The lowest BCUT2D eigenvalue weighted by atomic mass is 9.47. The van der Waals surface area contributed by atoms with Gasteiger partial charge in [0.2, 0.25) is 5.91 Å². The molecule has 1 N–H and O–H groups in total. The molecule has 0 bridgehead atoms. The molecular weight excluding hydrogens is 498 g/mol. The van der Waals surface area contributed by atoms with Crippen LogP contribution in [0.25, 0.3) is 0 Å². The van der Waals surface area contributed by atoms with E-state index in [1.165, 1.54) is 32.1 Å². The number of carbonyl (C=O) groups excluding carboxylic acids is 2. The number of aliphatic hydroxyl groups is 1. The summed E-state index contributed by atoms with van der Waals surface area (Å²) in [7, 11) is 0. The van der Waals surface area contributed by atoms with Crippen LogP contribution in [0.4, 0.5) is 4.79 Å². The van der Waals surface area contributed by atoms with Crippen molar-refractivity contribution in [2.75, 3.05) is 32.7 Å². The molecule has 3 saturated carbocycles. The Kier molecular flexibility index (Phi) is 7.80. The molecule has 6 rings (SSSR count). The predicted molar refractivity (Wildman–Crippen MR) is 159 cm³/mol. The molecule has 0 unspecified atom stereocenters. The standard InChI is InChI=1S/C34H55N3O3/c1-23(7-12-31(39)36-19-20-37(24(2)22-36)32(40)35-17-5-6-18-35)28-10-11-29-27-9-8-25-21-26(38)13-15-33(25,3)30(27)14-16-34(28,29)4/h8,23-24,26-30,38H,5-7,9-22H2,1-4H3/t23-,24+,26+,27+,28-,29+,30+,33+,34-/m1/s1. The molecule has 0 radical (unpaired) electrons. The molecule has 0 spiro atoms. The number of allylic oxidation sites excluding steroid dienone is 1. The van der Waals surface area contributed by atoms with E-state index in [2.05, 4.69) is 33.8 Å². The molecule has 6 nitrogen and oxygen atoms in total. The third-order valence-electron chi connectivity index (χ3n) is 13.3. The number of hydrogen-bond donors (Lipinski definition) is 1. The van der Waals surface area contributed by atoms with E-state index in [9.17, 15) is 14.7 Å². The van der Waals surface area contributed by atoms with Gasteiger partial charge in [-0.25, -0.2) is 4.79 Å². The fourth-order valence-electron chi connectivity index (χ4n) is 10.9. The average Bonchev–Trinajstić information content (AvgIpc) is 3.59. The Morgan fingerprint density at radius 2 is 1.77 bits per heavy atom. The molecule has 2 heterocycles. The molecule has 0 aromatic carbocycles. The lowest BCUT2D eigenvalue weighted by Gasteiger charge is -2.58. The molecule has 0 aromatic rings. The Labute approximate surface area is 242 Å². The van der Waals surface area contributed by atoms with Crippen LogP contribution in [0.3, 0.4) is 0 Å². The van der Waals surface area contributed by atoms with Crippen LogP contribution in [0.5, 0.6) is 0 Å². The Hall–Kier alpha value is -1.56. The number of urea groups is 1. The topological polar surface area (TPSA) is 64.1 Å². The largest absolute Gasteiger partial charge is 0.393 e. The van der Waals surface area contributed by atoms with Crippen LogP contribution in [0, 0.1) is 40.4 Å². The maximum atomic E-state index is 13.3. The van der Waals surface area contributed by atoms with Crippen LogP contribution >= 0.6 is 0 Å². The number of amides is 3. The number of likely N-dealkylation sites (tertiary alicyclic amines) is 1. The molecule has 0 aromatic heterocycles. The van der Waals surface area contributed by atoms with Gasteiger partial charge in [-0.1, -0.05) is 32.4 Å². The van der Waals surface area contributed by atoms with Crippen LogP contribution in [0.15, 0.2) is 11.6 Å². The molecule has 224 valence electrons. The second kappa shape index (κ2) is 10.9. The Morgan fingerprint density at radius 1 is 1.00 bits per heavy atom. The quantitative estimate of drug-likeness (QED) is 0.429. The van der Waals surface area contributed by atoms with Crippen LogP contribution in [0.1, 0.15) is 105 Å². The highest BCUT2D eigenvalue weighted by molar-refractivity contribution is 5.78. The first-order chi connectivity index (χ1) is 19.1. The molecule has 3 amide bonds. The molecule has 4 aliphatic carbocycles. The summed E-state index contributed by atoms with van der Waals surface area (Å²) in [5, 5.41) is 10.3. The van der Waals surface area contributed by atoms with E-state index in [0.29, 0.717) is 48.7 Å². The number of nitrogens with zero attached hydrogens (tertiary/aromatic N) is 3. The average molecular weight is 554 g/mol. The van der Waals surface area contributed by atoms with E-state index >= 15 is 0 Å². The highest BCUT2D eigenvalue weighted by atomic mass is 16.3. The summed E-state index contributed by atoms with van der Waals surface area (Å²) in [5.74, 6) is 3.95. The zero-order valence-corrected chi connectivity index (χ0v) is 25.7. The van der Waals surface area contributed by atoms with Gasteiger partial charge in [-0.3, -0.25) is 4.79 Å². The molecule has 5 fully saturated rings. The van der Waals surface area contributed by atoms with Gasteiger partial charge in [-0.2, -0.15) is 0 Å². The molecule has 9 atom stereocenters. The lowest BCUT2D eigenvalue weighted by molar-refractivity contribution is -0.134. The van der Waals surface area contributed by atoms with Crippen molar-refractivity contribution in [2.24, 2.45) is 40.4 Å². The number of aliphatic hydroxyl groups excluding tert-OH is 1. The predicted octanol–water partition coefficient (Wildman–Crippen LogP) is 6.09. The van der Waals surface area contributed by atoms with E-state index < -0.39 is 0 Å². The number of rotatable bonds is 4. The monoisotopic (exact) mass is 553 g/mol. The second-order valence-electron chi connectivity index (χ2n) is 15.3. The van der Waals surface area contributed by atoms with E-state index in [1.807, 2.05) is 14.7 Å². The summed E-state index contributed by atoms with van der Waals surface area (Å²) in [6, 6.07) is 0.261. The minimum absolute atomic E-state index is 0.0901.